The second-order valence-electron chi connectivity index (χ2n) is 31.8. The molecular weight excluding hydrogens is 1580 g/mol. The number of carbonyl (C=O) groups excluding carboxylic acids is 2. The van der Waals surface area contributed by atoms with Gasteiger partial charge in [-0.3, -0.25) is 19.6 Å². The number of hydrogen-bond donors (Lipinski definition) is 6. The zero-order valence-corrected chi connectivity index (χ0v) is 69.5. The molecule has 12 heterocycles. The third-order valence-electron chi connectivity index (χ3n) is 24.5. The van der Waals surface area contributed by atoms with Crippen molar-refractivity contribution in [2.24, 2.45) is 0 Å². The molecule has 3 aliphatic carbocycles. The van der Waals surface area contributed by atoms with Crippen LogP contribution in [0, 0.1) is 5.95 Å². The van der Waals surface area contributed by atoms with E-state index >= 15 is 0 Å². The number of carbonyl (C=O) groups is 2. The summed E-state index contributed by atoms with van der Waals surface area (Å²) in [6.45, 7) is 3.12. The highest BCUT2D eigenvalue weighted by Crippen LogP contribution is 2.56. The van der Waals surface area contributed by atoms with E-state index < -0.39 is 5.95 Å². The van der Waals surface area contributed by atoms with Crippen LogP contribution < -0.4 is 22.9 Å². The summed E-state index contributed by atoms with van der Waals surface area (Å²) in [5.41, 5.74) is 42.5. The van der Waals surface area contributed by atoms with E-state index in [1.54, 1.807) is 109 Å². The molecule has 15 aromatic rings. The summed E-state index contributed by atoms with van der Waals surface area (Å²) in [7, 11) is 4.88. The smallest absolute Gasteiger partial charge is 0.334 e. The minimum absolute atomic E-state index is 0.0112. The summed E-state index contributed by atoms with van der Waals surface area (Å²) >= 11 is 1.71. The number of methoxy groups -OCH3 is 1. The van der Waals surface area contributed by atoms with E-state index in [2.05, 4.69) is 198 Å². The molecular formula is C95H91FN22O5S. The van der Waals surface area contributed by atoms with Crippen LogP contribution in [0.25, 0.3) is 82.8 Å². The van der Waals surface area contributed by atoms with Crippen LogP contribution >= 0.6 is 11.3 Å². The molecule has 29 heteroatoms. The molecule has 0 unspecified atom stereocenters. The number of fused-ring (bicyclic) bond motifs is 1. The third-order valence-corrected chi connectivity index (χ3v) is 25.7. The van der Waals surface area contributed by atoms with E-state index in [0.717, 1.165) is 159 Å². The number of benzene rings is 5. The minimum Gasteiger partial charge on any atom is -0.466 e. The van der Waals surface area contributed by atoms with Gasteiger partial charge in [-0.1, -0.05) is 128 Å². The van der Waals surface area contributed by atoms with Crippen molar-refractivity contribution in [2.75, 3.05) is 70.6 Å². The molecule has 624 valence electrons. The Bertz CT molecular complexity index is 6250. The molecule has 0 atom stereocenters. The van der Waals surface area contributed by atoms with Gasteiger partial charge >= 0.3 is 5.97 Å². The first-order valence-corrected chi connectivity index (χ1v) is 41.9. The number of allylic oxidation sites excluding steroid dienone is 3. The van der Waals surface area contributed by atoms with Gasteiger partial charge in [0.1, 0.15) is 17.4 Å². The van der Waals surface area contributed by atoms with Crippen molar-refractivity contribution in [3.8, 4) is 66.3 Å². The second-order valence-corrected chi connectivity index (χ2v) is 32.8. The first-order chi connectivity index (χ1) is 60.4. The van der Waals surface area contributed by atoms with Gasteiger partial charge in [-0.25, -0.2) is 59.6 Å². The molecule has 20 rings (SSSR count). The number of para-hydroxylation sites is 1. The van der Waals surface area contributed by atoms with Gasteiger partial charge in [0.05, 0.1) is 23.6 Å². The molecule has 0 radical (unpaired) electrons. The summed E-state index contributed by atoms with van der Waals surface area (Å²) < 4.78 is 31.5. The number of halogens is 1. The molecule has 5 aromatic carbocycles. The fourth-order valence-corrected chi connectivity index (χ4v) is 18.3. The van der Waals surface area contributed by atoms with E-state index in [1.807, 2.05) is 30.6 Å². The summed E-state index contributed by atoms with van der Waals surface area (Å²) in [4.78, 5) is 81.0. The summed E-state index contributed by atoms with van der Waals surface area (Å²) in [5, 5.41) is 14.4. The summed E-state index contributed by atoms with van der Waals surface area (Å²) in [5.74, 6) is 1.73. The number of pyridine rings is 2. The fourth-order valence-electron chi connectivity index (χ4n) is 17.1. The number of ether oxygens (including phenoxy) is 3. The first kappa shape index (κ1) is 82.0. The number of H-pyrrole nitrogens is 2. The van der Waals surface area contributed by atoms with E-state index in [4.69, 9.17) is 47.1 Å². The normalized spacial score (nSPS) is 15.9. The fraction of sp³-hybridized carbons (Fsp3) is 0.242. The largest absolute Gasteiger partial charge is 0.466 e. The van der Waals surface area contributed by atoms with Crippen molar-refractivity contribution in [3.05, 3.63) is 306 Å². The van der Waals surface area contributed by atoms with Crippen LogP contribution in [-0.4, -0.2) is 149 Å². The van der Waals surface area contributed by atoms with Crippen molar-refractivity contribution in [1.29, 1.82) is 0 Å². The molecule has 4 fully saturated rings. The SMILES string of the molecule is CN(C)C(=O)Cn1cc(-c2cnc(C3(c4ccc(-c5cnc(N)nc5)cc4)CCC3)s2)cn1.COC(=O)C1=CC(c2ccc(F)nc2)=C(C2(c3ccc(-c4cnc(N)nc4)cc3)CCC2)C1.Nc1ncc(-c2ccc(C3(c4cc5ccccc5[nH]4)CCOCC3)cc2)cn1.Nc1ncc(-c2ccc(C3(c4nc(-c5cccnc5)n[nH]4)CCOCC3)cc2)cn1. The standard InChI is InChI=1S/C26H23FN4O2.C24H25N7OS.C23H22N4O.C22H21N7O/c1-33-24(32)18-11-21(17-5-8-23(27)29-13-17)22(12-18)26(9-2-10-26)20-6-3-16(4-7-20)19-14-30-25(28)31-15-19;1-30(2)21(32)15-31-14-18(12-29-31)20-13-26-22(33-20)24(8-3-9-24)19-6-4-16(5-7-19)17-10-27-23(25)28-11-17;24-22-25-14-18(15-26-22)16-5-7-19(8-6-16)23(9-11-28-12-10-23)21-13-17-3-1-2-4-20(17)27-21;23-21-25-13-17(14-26-21)15-3-5-18(6-4-15)22(7-10-30-11-8-22)20-27-19(28-29-20)16-2-1-9-24-12-16/h3-8,11,13-15H,2,9-10,12H2,1H3,(H2,28,30,31);4-7,10-14H,3,8-9,15H2,1-2H3,(H2,25,27,28);1-8,13-15,27H,9-12H2,(H2,24,25,26);1-6,9,12-14H,7-8,10-11H2,(H2,23,25,26)(H,27,28,29). The third kappa shape index (κ3) is 17.1. The van der Waals surface area contributed by atoms with E-state index in [1.165, 1.54) is 64.6 Å². The highest BCUT2D eigenvalue weighted by atomic mass is 32.1. The van der Waals surface area contributed by atoms with Crippen molar-refractivity contribution >= 4 is 63.5 Å². The van der Waals surface area contributed by atoms with E-state index in [9.17, 15) is 14.0 Å². The number of nitrogen functional groups attached to an aromatic ring is 4. The van der Waals surface area contributed by atoms with Crippen LogP contribution in [0.3, 0.4) is 0 Å². The van der Waals surface area contributed by atoms with Crippen LogP contribution in [0.1, 0.15) is 115 Å². The monoisotopic (exact) mass is 1670 g/mol. The van der Waals surface area contributed by atoms with Crippen molar-refractivity contribution in [3.63, 3.8) is 0 Å². The zero-order valence-electron chi connectivity index (χ0n) is 68.7. The Balaban J connectivity index is 0.000000117. The number of likely N-dealkylation sites (N-methyl/N-ethyl adjacent to an activating group) is 1. The van der Waals surface area contributed by atoms with Crippen LogP contribution in [0.15, 0.2) is 256 Å². The highest BCUT2D eigenvalue weighted by molar-refractivity contribution is 7.15. The van der Waals surface area contributed by atoms with Gasteiger partial charge in [0.15, 0.2) is 5.82 Å². The summed E-state index contributed by atoms with van der Waals surface area (Å²) in [6.07, 6.45) is 37.0. The van der Waals surface area contributed by atoms with Crippen LogP contribution in [-0.2, 0) is 52.0 Å². The predicted octanol–water partition coefficient (Wildman–Crippen LogP) is 15.5. The lowest BCUT2D eigenvalue weighted by Crippen LogP contribution is -2.36. The Morgan fingerprint density at radius 1 is 0.508 bits per heavy atom. The van der Waals surface area contributed by atoms with Crippen molar-refractivity contribution in [1.82, 2.24) is 89.7 Å². The summed E-state index contributed by atoms with van der Waals surface area (Å²) in [6, 6.07) is 51.8. The van der Waals surface area contributed by atoms with E-state index in [0.29, 0.717) is 37.0 Å². The molecule has 0 bridgehead atoms. The topological polar surface area (TPSA) is 386 Å². The lowest BCUT2D eigenvalue weighted by atomic mass is 9.58. The number of aromatic nitrogens is 17. The number of aromatic amines is 2. The number of nitrogens with two attached hydrogens (primary N) is 4. The van der Waals surface area contributed by atoms with Crippen LogP contribution in [0.5, 0.6) is 0 Å². The zero-order chi connectivity index (χ0) is 85.4. The van der Waals surface area contributed by atoms with Crippen molar-refractivity contribution < 1.29 is 28.2 Å². The van der Waals surface area contributed by atoms with Gasteiger partial charge in [0, 0.05) is 199 Å². The minimum atomic E-state index is -0.531. The Kier molecular flexibility index (Phi) is 23.7. The quantitative estimate of drug-likeness (QED) is 0.0343. The van der Waals surface area contributed by atoms with Gasteiger partial charge < -0.3 is 47.0 Å². The molecule has 2 saturated carbocycles. The number of nitrogens with one attached hydrogen (secondary N) is 2. The molecule has 2 saturated heterocycles. The maximum Gasteiger partial charge on any atom is 0.334 e. The van der Waals surface area contributed by atoms with Gasteiger partial charge in [-0.05, 0) is 155 Å². The molecule has 1 amide bonds. The van der Waals surface area contributed by atoms with Crippen molar-refractivity contribution in [2.45, 2.75) is 98.8 Å². The molecule has 27 nitrogen and oxygen atoms in total. The number of rotatable bonds is 18. The maximum atomic E-state index is 13.5. The Hall–Kier alpha value is -14.3. The lowest BCUT2D eigenvalue weighted by molar-refractivity contribution is -0.136. The average molecular weight is 1670 g/mol. The van der Waals surface area contributed by atoms with E-state index in [-0.39, 0.29) is 57.9 Å². The van der Waals surface area contributed by atoms with Crippen LogP contribution in [0.4, 0.5) is 28.2 Å². The molecule has 10 N–H and O–H groups in total. The molecule has 5 aliphatic rings. The Labute approximate surface area is 718 Å². The van der Waals surface area contributed by atoms with Gasteiger partial charge in [0.25, 0.3) is 0 Å². The number of amides is 1. The van der Waals surface area contributed by atoms with Gasteiger partial charge in [0.2, 0.25) is 35.6 Å². The maximum absolute atomic E-state index is 13.5. The lowest BCUT2D eigenvalue weighted by Gasteiger charge is -2.45. The Morgan fingerprint density at radius 2 is 0.992 bits per heavy atom. The van der Waals surface area contributed by atoms with Crippen LogP contribution in [0.2, 0.25) is 0 Å². The molecule has 10 aromatic heterocycles. The number of hydrogen-bond acceptors (Lipinski definition) is 24. The number of anilines is 4. The second kappa shape index (κ2) is 35.8. The highest BCUT2D eigenvalue weighted by Gasteiger charge is 2.47. The molecule has 2 aliphatic heterocycles. The van der Waals surface area contributed by atoms with Gasteiger partial charge in [-0.15, -0.1) is 11.3 Å². The average Bonchev–Trinajstić information content (AvgIpc) is 1.50. The predicted molar refractivity (Wildman–Crippen MR) is 475 cm³/mol. The number of esters is 1. The first-order valence-electron chi connectivity index (χ1n) is 41.1. The number of thiazole rings is 1. The Morgan fingerprint density at radius 3 is 1.46 bits per heavy atom. The number of nitrogens with zero attached hydrogens (tertiary/aromatic N) is 16. The molecule has 124 heavy (non-hydrogen) atoms. The van der Waals surface area contributed by atoms with Gasteiger partial charge in [-0.2, -0.15) is 14.6 Å². The molecule has 0 spiro atoms.